The fourth-order valence-electron chi connectivity index (χ4n) is 2.07. The van der Waals surface area contributed by atoms with Gasteiger partial charge in [-0.25, -0.2) is 4.79 Å². The number of nitrogens with zero attached hydrogens (tertiary/aromatic N) is 2. The van der Waals surface area contributed by atoms with Crippen molar-refractivity contribution in [3.63, 3.8) is 0 Å². The minimum Gasteiger partial charge on any atom is -0.480 e. The molecule has 0 radical (unpaired) electrons. The van der Waals surface area contributed by atoms with Crippen LogP contribution in [0.25, 0.3) is 0 Å². The number of carbonyl (C=O) groups excluding carboxylic acids is 1. The lowest BCUT2D eigenvalue weighted by molar-refractivity contribution is -0.138. The molecule has 0 saturated carbocycles. The van der Waals surface area contributed by atoms with Gasteiger partial charge in [0, 0.05) is 19.1 Å². The van der Waals surface area contributed by atoms with Crippen LogP contribution in [0, 0.1) is 0 Å². The van der Waals surface area contributed by atoms with Gasteiger partial charge >= 0.3 is 12.0 Å². The summed E-state index contributed by atoms with van der Waals surface area (Å²) < 4.78 is 0. The van der Waals surface area contributed by atoms with Crippen LogP contribution >= 0.6 is 0 Å². The Bertz CT molecular complexity index is 321. The summed E-state index contributed by atoms with van der Waals surface area (Å²) in [6.07, 6.45) is -0.0200. The zero-order chi connectivity index (χ0) is 13.9. The predicted molar refractivity (Wildman–Crippen MR) is 65.3 cm³/mol. The number of hydrogen-bond acceptors (Lipinski definition) is 4. The first-order valence-corrected chi connectivity index (χ1v) is 5.94. The van der Waals surface area contributed by atoms with Crippen molar-refractivity contribution in [3.8, 4) is 0 Å². The Morgan fingerprint density at radius 1 is 1.50 bits per heavy atom. The van der Waals surface area contributed by atoms with Gasteiger partial charge in [-0.15, -0.1) is 0 Å². The minimum atomic E-state index is -1.08. The van der Waals surface area contributed by atoms with Crippen molar-refractivity contribution >= 4 is 12.0 Å². The van der Waals surface area contributed by atoms with Gasteiger partial charge in [-0.1, -0.05) is 0 Å². The number of β-amino-alcohol motifs (C(OH)–C–C–N with tert-alkyl or cyclic N) is 1. The molecule has 1 saturated heterocycles. The number of likely N-dealkylation sites (N-methyl/N-ethyl adjacent to an activating group) is 1. The summed E-state index contributed by atoms with van der Waals surface area (Å²) in [7, 11) is 3.78. The number of urea groups is 1. The average Bonchev–Trinajstić information content (AvgIpc) is 2.58. The van der Waals surface area contributed by atoms with Crippen molar-refractivity contribution in [2.24, 2.45) is 0 Å². The Morgan fingerprint density at radius 2 is 2.11 bits per heavy atom. The quantitative estimate of drug-likeness (QED) is 0.612. The maximum Gasteiger partial charge on any atom is 0.325 e. The van der Waals surface area contributed by atoms with E-state index < -0.39 is 24.1 Å². The second-order valence-electron chi connectivity index (χ2n) is 4.97. The molecule has 1 aliphatic rings. The van der Waals surface area contributed by atoms with Crippen LogP contribution < -0.4 is 5.32 Å². The third kappa shape index (κ3) is 3.85. The van der Waals surface area contributed by atoms with Crippen LogP contribution in [0.5, 0.6) is 0 Å². The fourth-order valence-corrected chi connectivity index (χ4v) is 2.07. The summed E-state index contributed by atoms with van der Waals surface area (Å²) in [6.45, 7) is 2.30. The molecule has 1 rings (SSSR count). The molecular weight excluding hydrogens is 238 g/mol. The molecule has 0 aromatic carbocycles. The summed E-state index contributed by atoms with van der Waals surface area (Å²) in [5.74, 6) is -1.08. The van der Waals surface area contributed by atoms with Gasteiger partial charge in [0.1, 0.15) is 6.04 Å². The molecule has 7 nitrogen and oxygen atoms in total. The van der Waals surface area contributed by atoms with E-state index >= 15 is 0 Å². The van der Waals surface area contributed by atoms with Crippen molar-refractivity contribution in [3.05, 3.63) is 0 Å². The SMILES string of the molecule is C[C@@H](NC(=O)N1CC(O)CC1CN(C)C)C(=O)O. The van der Waals surface area contributed by atoms with Gasteiger partial charge in [-0.05, 0) is 27.4 Å². The number of carboxylic acid groups (broad SMARTS) is 1. The molecule has 104 valence electrons. The van der Waals surface area contributed by atoms with E-state index in [2.05, 4.69) is 5.32 Å². The highest BCUT2D eigenvalue weighted by atomic mass is 16.4. The third-order valence-corrected chi connectivity index (χ3v) is 2.94. The van der Waals surface area contributed by atoms with Crippen molar-refractivity contribution in [2.45, 2.75) is 31.5 Å². The average molecular weight is 259 g/mol. The zero-order valence-corrected chi connectivity index (χ0v) is 11.0. The number of nitrogens with one attached hydrogen (secondary N) is 1. The van der Waals surface area contributed by atoms with Crippen LogP contribution in [-0.2, 0) is 4.79 Å². The molecule has 7 heteroatoms. The standard InChI is InChI=1S/C11H21N3O4/c1-7(10(16)17)12-11(18)14-6-9(15)4-8(14)5-13(2)3/h7-9,15H,4-6H2,1-3H3,(H,12,18)(H,16,17)/t7-,8?,9?/m1/s1. The van der Waals surface area contributed by atoms with Crippen LogP contribution in [0.4, 0.5) is 4.79 Å². The van der Waals surface area contributed by atoms with Crippen molar-refractivity contribution in [1.29, 1.82) is 0 Å². The summed E-state index contributed by atoms with van der Waals surface area (Å²) in [5.41, 5.74) is 0. The topological polar surface area (TPSA) is 93.1 Å². The number of likely N-dealkylation sites (tertiary alicyclic amines) is 1. The third-order valence-electron chi connectivity index (χ3n) is 2.94. The van der Waals surface area contributed by atoms with Gasteiger partial charge in [0.15, 0.2) is 0 Å². The summed E-state index contributed by atoms with van der Waals surface area (Å²) in [5, 5.41) is 20.8. The number of hydrogen-bond donors (Lipinski definition) is 3. The van der Waals surface area contributed by atoms with E-state index in [1.54, 1.807) is 0 Å². The molecule has 1 heterocycles. The van der Waals surface area contributed by atoms with Gasteiger partial charge in [-0.3, -0.25) is 4.79 Å². The van der Waals surface area contributed by atoms with Crippen LogP contribution in [0.15, 0.2) is 0 Å². The highest BCUT2D eigenvalue weighted by molar-refractivity contribution is 5.82. The molecule has 1 aliphatic heterocycles. The van der Waals surface area contributed by atoms with Gasteiger partial charge in [0.2, 0.25) is 0 Å². The molecule has 2 unspecified atom stereocenters. The number of rotatable bonds is 4. The first kappa shape index (κ1) is 14.7. The summed E-state index contributed by atoms with van der Waals surface area (Å²) in [4.78, 5) is 26.0. The van der Waals surface area contributed by atoms with Gasteiger partial charge in [0.25, 0.3) is 0 Å². The number of amides is 2. The summed E-state index contributed by atoms with van der Waals surface area (Å²) in [6, 6.07) is -1.46. The van der Waals surface area contributed by atoms with Crippen LogP contribution in [0.2, 0.25) is 0 Å². The van der Waals surface area contributed by atoms with Crippen molar-refractivity contribution in [1.82, 2.24) is 15.1 Å². The predicted octanol–water partition coefficient (Wildman–Crippen LogP) is -0.834. The highest BCUT2D eigenvalue weighted by Gasteiger charge is 2.35. The Kier molecular flexibility index (Phi) is 4.92. The summed E-state index contributed by atoms with van der Waals surface area (Å²) >= 11 is 0. The second kappa shape index (κ2) is 6.01. The second-order valence-corrected chi connectivity index (χ2v) is 4.97. The molecule has 18 heavy (non-hydrogen) atoms. The Balaban J connectivity index is 2.61. The maximum atomic E-state index is 11.9. The van der Waals surface area contributed by atoms with E-state index in [4.69, 9.17) is 5.11 Å². The number of carboxylic acids is 1. The molecule has 2 amide bonds. The zero-order valence-electron chi connectivity index (χ0n) is 11.0. The van der Waals surface area contributed by atoms with Gasteiger partial charge < -0.3 is 25.3 Å². The minimum absolute atomic E-state index is 0.0870. The van der Waals surface area contributed by atoms with Gasteiger partial charge in [0.05, 0.1) is 6.10 Å². The number of carbonyl (C=O) groups is 2. The lowest BCUT2D eigenvalue weighted by atomic mass is 10.2. The first-order valence-electron chi connectivity index (χ1n) is 5.94. The van der Waals surface area contributed by atoms with Crippen LogP contribution in [0.1, 0.15) is 13.3 Å². The van der Waals surface area contributed by atoms with E-state index in [9.17, 15) is 14.7 Å². The molecular formula is C11H21N3O4. The fraction of sp³-hybridized carbons (Fsp3) is 0.818. The first-order chi connectivity index (χ1) is 8.31. The lowest BCUT2D eigenvalue weighted by Gasteiger charge is -2.27. The molecule has 1 fully saturated rings. The molecule has 3 N–H and O–H groups in total. The van der Waals surface area contributed by atoms with Crippen molar-refractivity contribution < 1.29 is 19.8 Å². The number of aliphatic hydroxyl groups excluding tert-OH is 1. The Labute approximate surface area is 106 Å². The molecule has 0 aliphatic carbocycles. The van der Waals surface area contributed by atoms with Crippen LogP contribution in [-0.4, -0.2) is 77.4 Å². The largest absolute Gasteiger partial charge is 0.480 e. The van der Waals surface area contributed by atoms with Gasteiger partial charge in [-0.2, -0.15) is 0 Å². The highest BCUT2D eigenvalue weighted by Crippen LogP contribution is 2.18. The maximum absolute atomic E-state index is 11.9. The molecule has 0 aromatic rings. The smallest absolute Gasteiger partial charge is 0.325 e. The molecule has 3 atom stereocenters. The number of aliphatic hydroxyl groups is 1. The van der Waals surface area contributed by atoms with E-state index in [0.717, 1.165) is 0 Å². The normalized spacial score (nSPS) is 25.3. The Hall–Kier alpha value is -1.34. The van der Waals surface area contributed by atoms with Crippen LogP contribution in [0.3, 0.4) is 0 Å². The molecule has 0 bridgehead atoms. The molecule has 0 spiro atoms. The van der Waals surface area contributed by atoms with Crippen molar-refractivity contribution in [2.75, 3.05) is 27.2 Å². The lowest BCUT2D eigenvalue weighted by Crippen LogP contribution is -2.50. The van der Waals surface area contributed by atoms with E-state index in [1.807, 2.05) is 19.0 Å². The van der Waals surface area contributed by atoms with E-state index in [1.165, 1.54) is 11.8 Å². The Morgan fingerprint density at radius 3 is 2.61 bits per heavy atom. The monoisotopic (exact) mass is 259 g/mol. The number of aliphatic carboxylic acids is 1. The molecule has 0 aromatic heterocycles. The van der Waals surface area contributed by atoms with E-state index in [0.29, 0.717) is 13.0 Å². The van der Waals surface area contributed by atoms with E-state index in [-0.39, 0.29) is 12.6 Å².